The summed E-state index contributed by atoms with van der Waals surface area (Å²) in [4.78, 5) is 30.9. The van der Waals surface area contributed by atoms with E-state index in [9.17, 15) is 4.79 Å². The minimum Gasteiger partial charge on any atom is -0.462 e. The van der Waals surface area contributed by atoms with Crippen molar-refractivity contribution in [1.82, 2.24) is 29.7 Å². The first-order valence-corrected chi connectivity index (χ1v) is 10.3. The van der Waals surface area contributed by atoms with Crippen LogP contribution in [0.4, 0.5) is 5.82 Å². The summed E-state index contributed by atoms with van der Waals surface area (Å²) in [5.41, 5.74) is 7.68. The summed E-state index contributed by atoms with van der Waals surface area (Å²) in [6, 6.07) is 0. The van der Waals surface area contributed by atoms with Gasteiger partial charge in [-0.05, 0) is 19.4 Å². The van der Waals surface area contributed by atoms with E-state index in [1.165, 1.54) is 29.4 Å². The Balaban J connectivity index is 1.65. The van der Waals surface area contributed by atoms with Crippen molar-refractivity contribution in [2.75, 3.05) is 12.3 Å². The zero-order valence-corrected chi connectivity index (χ0v) is 17.1. The molecule has 0 radical (unpaired) electrons. The van der Waals surface area contributed by atoms with Gasteiger partial charge in [0.05, 0.1) is 29.3 Å². The van der Waals surface area contributed by atoms with Crippen molar-refractivity contribution in [3.63, 3.8) is 0 Å². The van der Waals surface area contributed by atoms with Crippen LogP contribution in [0.3, 0.4) is 0 Å². The standard InChI is InChI=1S/C17H17N7O2S2/c1-4-26-17(25)12-8(2)11-13(18)22-10(23-16(11)28-12)6-27-15-9-5-21-24(3)14(9)19-7-20-15/h5,7H,4,6H2,1-3H3,(H2,18,22,23). The molecule has 0 atom stereocenters. The molecule has 4 aromatic heterocycles. The summed E-state index contributed by atoms with van der Waals surface area (Å²) in [6.45, 7) is 3.92. The number of aryl methyl sites for hydroxylation is 2. The Labute approximate surface area is 168 Å². The molecule has 0 amide bonds. The van der Waals surface area contributed by atoms with Gasteiger partial charge in [-0.15, -0.1) is 11.3 Å². The number of esters is 1. The zero-order valence-electron chi connectivity index (χ0n) is 15.5. The lowest BCUT2D eigenvalue weighted by Crippen LogP contribution is -2.04. The number of thiophene rings is 1. The molecular weight excluding hydrogens is 398 g/mol. The minimum absolute atomic E-state index is 0.317. The van der Waals surface area contributed by atoms with Gasteiger partial charge in [-0.25, -0.2) is 24.7 Å². The summed E-state index contributed by atoms with van der Waals surface area (Å²) < 4.78 is 6.81. The number of fused-ring (bicyclic) bond motifs is 2. The predicted octanol–water partition coefficient (Wildman–Crippen LogP) is 2.73. The number of carbonyl (C=O) groups excluding carboxylic acids is 1. The van der Waals surface area contributed by atoms with Crippen molar-refractivity contribution >= 4 is 56.1 Å². The highest BCUT2D eigenvalue weighted by Gasteiger charge is 2.20. The van der Waals surface area contributed by atoms with Gasteiger partial charge in [-0.1, -0.05) is 11.8 Å². The van der Waals surface area contributed by atoms with Crippen LogP contribution >= 0.6 is 23.1 Å². The average Bonchev–Trinajstić information content (AvgIpc) is 3.21. The van der Waals surface area contributed by atoms with E-state index in [-0.39, 0.29) is 5.97 Å². The Kier molecular flexibility index (Phi) is 4.85. The third-order valence-electron chi connectivity index (χ3n) is 4.16. The molecule has 0 aromatic carbocycles. The lowest BCUT2D eigenvalue weighted by atomic mass is 10.2. The fraction of sp³-hybridized carbons (Fsp3) is 0.294. The molecule has 11 heteroatoms. The molecule has 4 aromatic rings. The van der Waals surface area contributed by atoms with E-state index in [1.54, 1.807) is 17.8 Å². The van der Waals surface area contributed by atoms with Crippen LogP contribution in [0.15, 0.2) is 17.6 Å². The van der Waals surface area contributed by atoms with Crippen LogP contribution in [0.5, 0.6) is 0 Å². The summed E-state index contributed by atoms with van der Waals surface area (Å²) in [7, 11) is 1.84. The number of nitrogens with two attached hydrogens (primary N) is 1. The minimum atomic E-state index is -0.363. The van der Waals surface area contributed by atoms with Crippen molar-refractivity contribution < 1.29 is 9.53 Å². The molecule has 0 bridgehead atoms. The molecule has 0 saturated carbocycles. The molecule has 144 valence electrons. The fourth-order valence-corrected chi connectivity index (χ4v) is 4.78. The molecule has 0 aliphatic heterocycles. The number of ether oxygens (including phenoxy) is 1. The number of hydrogen-bond donors (Lipinski definition) is 1. The average molecular weight is 416 g/mol. The van der Waals surface area contributed by atoms with Gasteiger partial charge in [0.25, 0.3) is 0 Å². The van der Waals surface area contributed by atoms with Gasteiger partial charge in [0.15, 0.2) is 5.65 Å². The molecule has 0 aliphatic rings. The number of aromatic nitrogens is 6. The second kappa shape index (κ2) is 7.32. The van der Waals surface area contributed by atoms with Crippen molar-refractivity contribution in [3.05, 3.63) is 28.8 Å². The molecule has 0 unspecified atom stereocenters. The summed E-state index contributed by atoms with van der Waals surface area (Å²) in [5, 5.41) is 6.60. The third kappa shape index (κ3) is 3.16. The Hall–Kier alpha value is -2.79. The van der Waals surface area contributed by atoms with E-state index in [0.29, 0.717) is 39.1 Å². The van der Waals surface area contributed by atoms with Crippen LogP contribution in [0.1, 0.15) is 28.0 Å². The van der Waals surface area contributed by atoms with Crippen molar-refractivity contribution in [2.24, 2.45) is 7.05 Å². The van der Waals surface area contributed by atoms with Crippen molar-refractivity contribution in [1.29, 1.82) is 0 Å². The Bertz CT molecular complexity index is 1200. The first-order chi connectivity index (χ1) is 13.5. The quantitative estimate of drug-likeness (QED) is 0.298. The molecule has 28 heavy (non-hydrogen) atoms. The Morgan fingerprint density at radius 1 is 1.36 bits per heavy atom. The molecule has 0 fully saturated rings. The molecular formula is C17H17N7O2S2. The Morgan fingerprint density at radius 3 is 2.96 bits per heavy atom. The predicted molar refractivity (Wildman–Crippen MR) is 108 cm³/mol. The number of thioether (sulfide) groups is 1. The van der Waals surface area contributed by atoms with Crippen molar-refractivity contribution in [3.8, 4) is 0 Å². The van der Waals surface area contributed by atoms with E-state index in [2.05, 4.69) is 25.0 Å². The zero-order chi connectivity index (χ0) is 19.8. The number of anilines is 1. The number of rotatable bonds is 5. The van der Waals surface area contributed by atoms with Crippen LogP contribution in [0.25, 0.3) is 21.3 Å². The highest BCUT2D eigenvalue weighted by atomic mass is 32.2. The highest BCUT2D eigenvalue weighted by molar-refractivity contribution is 7.98. The second-order valence-electron chi connectivity index (χ2n) is 5.95. The van der Waals surface area contributed by atoms with Gasteiger partial charge < -0.3 is 10.5 Å². The maximum Gasteiger partial charge on any atom is 0.348 e. The molecule has 4 heterocycles. The smallest absolute Gasteiger partial charge is 0.348 e. The molecule has 0 aliphatic carbocycles. The number of carbonyl (C=O) groups is 1. The maximum atomic E-state index is 12.1. The number of hydrogen-bond acceptors (Lipinski definition) is 10. The Morgan fingerprint density at radius 2 is 2.18 bits per heavy atom. The molecule has 2 N–H and O–H groups in total. The van der Waals surface area contributed by atoms with Crippen LogP contribution in [-0.2, 0) is 17.5 Å². The van der Waals surface area contributed by atoms with Crippen LogP contribution < -0.4 is 5.73 Å². The van der Waals surface area contributed by atoms with Gasteiger partial charge >= 0.3 is 5.97 Å². The first-order valence-electron chi connectivity index (χ1n) is 8.47. The van der Waals surface area contributed by atoms with Crippen LogP contribution in [-0.4, -0.2) is 42.3 Å². The lowest BCUT2D eigenvalue weighted by molar-refractivity contribution is 0.0531. The van der Waals surface area contributed by atoms with E-state index >= 15 is 0 Å². The fourth-order valence-electron chi connectivity index (χ4n) is 2.86. The van der Waals surface area contributed by atoms with Crippen molar-refractivity contribution in [2.45, 2.75) is 24.6 Å². The van der Waals surface area contributed by atoms with Crippen LogP contribution in [0.2, 0.25) is 0 Å². The summed E-state index contributed by atoms with van der Waals surface area (Å²) in [6.07, 6.45) is 3.25. The van der Waals surface area contributed by atoms with Gasteiger partial charge in [-0.2, -0.15) is 5.10 Å². The summed E-state index contributed by atoms with van der Waals surface area (Å²) in [5.74, 6) is 1.05. The van der Waals surface area contributed by atoms with Crippen LogP contribution in [0, 0.1) is 6.92 Å². The van der Waals surface area contributed by atoms with Gasteiger partial charge in [0, 0.05) is 7.05 Å². The molecule has 4 rings (SSSR count). The number of nitrogen functional groups attached to an aromatic ring is 1. The second-order valence-corrected chi connectivity index (χ2v) is 7.92. The summed E-state index contributed by atoms with van der Waals surface area (Å²) >= 11 is 2.76. The largest absolute Gasteiger partial charge is 0.462 e. The molecule has 0 spiro atoms. The lowest BCUT2D eigenvalue weighted by Gasteiger charge is -2.04. The van der Waals surface area contributed by atoms with E-state index in [1.807, 2.05) is 14.0 Å². The maximum absolute atomic E-state index is 12.1. The topological polar surface area (TPSA) is 122 Å². The SMILES string of the molecule is CCOC(=O)c1sc2nc(CSc3ncnc4c3cnn4C)nc(N)c2c1C. The third-order valence-corrected chi connectivity index (χ3v) is 6.32. The van der Waals surface area contributed by atoms with Gasteiger partial charge in [0.1, 0.15) is 32.7 Å². The van der Waals surface area contributed by atoms with Gasteiger partial charge in [0.2, 0.25) is 0 Å². The van der Waals surface area contributed by atoms with E-state index in [0.717, 1.165) is 21.6 Å². The first kappa shape index (κ1) is 18.6. The monoisotopic (exact) mass is 415 g/mol. The van der Waals surface area contributed by atoms with E-state index in [4.69, 9.17) is 10.5 Å². The van der Waals surface area contributed by atoms with Gasteiger partial charge in [-0.3, -0.25) is 4.68 Å². The van der Waals surface area contributed by atoms with E-state index < -0.39 is 0 Å². The highest BCUT2D eigenvalue weighted by Crippen LogP contribution is 2.34. The molecule has 9 nitrogen and oxygen atoms in total. The number of nitrogens with zero attached hydrogens (tertiary/aromatic N) is 6. The molecule has 0 saturated heterocycles. The normalized spacial score (nSPS) is 11.4.